The van der Waals surface area contributed by atoms with Gasteiger partial charge in [0.25, 0.3) is 0 Å². The van der Waals surface area contributed by atoms with Crippen LogP contribution in [-0.4, -0.2) is 5.91 Å². The summed E-state index contributed by atoms with van der Waals surface area (Å²) in [5.41, 5.74) is -1.87. The van der Waals surface area contributed by atoms with Crippen molar-refractivity contribution in [3.63, 3.8) is 0 Å². The summed E-state index contributed by atoms with van der Waals surface area (Å²) in [6.45, 7) is 1.86. The molecule has 0 aliphatic carbocycles. The van der Waals surface area contributed by atoms with Crippen molar-refractivity contribution < 1.29 is 22.4 Å². The highest BCUT2D eigenvalue weighted by molar-refractivity contribution is 5.89. The van der Waals surface area contributed by atoms with E-state index in [1.165, 1.54) is 0 Å². The fourth-order valence-corrected chi connectivity index (χ4v) is 1.03. The second-order valence-corrected chi connectivity index (χ2v) is 2.94. The van der Waals surface area contributed by atoms with Crippen molar-refractivity contribution >= 4 is 11.6 Å². The van der Waals surface area contributed by atoms with Gasteiger partial charge in [-0.2, -0.15) is 0 Å². The van der Waals surface area contributed by atoms with E-state index < -0.39 is 40.4 Å². The number of halogens is 4. The fourth-order valence-electron chi connectivity index (χ4n) is 1.03. The standard InChI is InChI=1S/C9H7F4NO/c1-3-5(10)7(12)9(14-4(2)15)8(13)6(3)11/h1-2H3,(H,14,15). The van der Waals surface area contributed by atoms with Gasteiger partial charge in [0.1, 0.15) is 5.69 Å². The first-order chi connectivity index (χ1) is 6.86. The SMILES string of the molecule is CC(=O)Nc1c(F)c(F)c(C)c(F)c1F. The highest BCUT2D eigenvalue weighted by Crippen LogP contribution is 2.27. The molecule has 0 aliphatic rings. The van der Waals surface area contributed by atoms with Crippen molar-refractivity contribution in [2.45, 2.75) is 13.8 Å². The van der Waals surface area contributed by atoms with Gasteiger partial charge in [-0.15, -0.1) is 0 Å². The van der Waals surface area contributed by atoms with Crippen molar-refractivity contribution in [3.8, 4) is 0 Å². The molecule has 15 heavy (non-hydrogen) atoms. The molecule has 0 atom stereocenters. The van der Waals surface area contributed by atoms with Gasteiger partial charge in [0.15, 0.2) is 23.3 Å². The van der Waals surface area contributed by atoms with Crippen LogP contribution in [-0.2, 0) is 4.79 Å². The van der Waals surface area contributed by atoms with Crippen LogP contribution in [0.4, 0.5) is 23.2 Å². The van der Waals surface area contributed by atoms with Gasteiger partial charge in [-0.1, -0.05) is 0 Å². The van der Waals surface area contributed by atoms with Crippen molar-refractivity contribution in [2.75, 3.05) is 5.32 Å². The summed E-state index contributed by atoms with van der Waals surface area (Å²) >= 11 is 0. The molecule has 0 heterocycles. The summed E-state index contributed by atoms with van der Waals surface area (Å²) in [6.07, 6.45) is 0. The molecule has 1 amide bonds. The summed E-state index contributed by atoms with van der Waals surface area (Å²) in [5.74, 6) is -7.08. The number of carbonyl (C=O) groups excluding carboxylic acids is 1. The lowest BCUT2D eigenvalue weighted by atomic mass is 10.1. The van der Waals surface area contributed by atoms with E-state index in [1.54, 1.807) is 5.32 Å². The minimum atomic E-state index is -1.61. The second-order valence-electron chi connectivity index (χ2n) is 2.94. The molecule has 82 valence electrons. The van der Waals surface area contributed by atoms with Crippen LogP contribution in [0.3, 0.4) is 0 Å². The Balaban J connectivity index is 3.45. The molecule has 0 saturated heterocycles. The van der Waals surface area contributed by atoms with Gasteiger partial charge in [0.2, 0.25) is 5.91 Å². The van der Waals surface area contributed by atoms with Gasteiger partial charge in [-0.3, -0.25) is 4.79 Å². The molecule has 2 nitrogen and oxygen atoms in total. The van der Waals surface area contributed by atoms with Crippen LogP contribution in [0, 0.1) is 30.2 Å². The van der Waals surface area contributed by atoms with Crippen LogP contribution < -0.4 is 5.32 Å². The normalized spacial score (nSPS) is 10.3. The molecule has 1 aromatic carbocycles. The Morgan fingerprint density at radius 2 is 1.40 bits per heavy atom. The number of carbonyl (C=O) groups is 1. The molecular weight excluding hydrogens is 214 g/mol. The van der Waals surface area contributed by atoms with E-state index in [2.05, 4.69) is 0 Å². The largest absolute Gasteiger partial charge is 0.321 e. The third kappa shape index (κ3) is 1.93. The van der Waals surface area contributed by atoms with Crippen LogP contribution in [0.1, 0.15) is 12.5 Å². The molecule has 0 fully saturated rings. The zero-order valence-electron chi connectivity index (χ0n) is 7.92. The number of benzene rings is 1. The zero-order chi connectivity index (χ0) is 11.7. The van der Waals surface area contributed by atoms with E-state index in [0.717, 1.165) is 13.8 Å². The molecule has 1 rings (SSSR count). The second kappa shape index (κ2) is 3.88. The Morgan fingerprint density at radius 1 is 1.00 bits per heavy atom. The maximum Gasteiger partial charge on any atom is 0.221 e. The van der Waals surface area contributed by atoms with Crippen LogP contribution in [0.5, 0.6) is 0 Å². The maximum absolute atomic E-state index is 13.1. The molecule has 0 radical (unpaired) electrons. The average molecular weight is 221 g/mol. The highest BCUT2D eigenvalue weighted by atomic mass is 19.2. The van der Waals surface area contributed by atoms with Crippen LogP contribution >= 0.6 is 0 Å². The summed E-state index contributed by atoms with van der Waals surface area (Å²) in [6, 6.07) is 0. The molecule has 1 aromatic rings. The molecule has 0 unspecified atom stereocenters. The third-order valence-corrected chi connectivity index (χ3v) is 1.78. The lowest BCUT2D eigenvalue weighted by molar-refractivity contribution is -0.114. The summed E-state index contributed by atoms with van der Waals surface area (Å²) < 4.78 is 52.0. The molecule has 0 saturated carbocycles. The first-order valence-electron chi connectivity index (χ1n) is 3.96. The van der Waals surface area contributed by atoms with E-state index in [1.807, 2.05) is 0 Å². The van der Waals surface area contributed by atoms with Crippen molar-refractivity contribution in [1.29, 1.82) is 0 Å². The topological polar surface area (TPSA) is 29.1 Å². The third-order valence-electron chi connectivity index (χ3n) is 1.78. The van der Waals surface area contributed by atoms with E-state index in [4.69, 9.17) is 0 Å². The van der Waals surface area contributed by atoms with Crippen molar-refractivity contribution in [1.82, 2.24) is 0 Å². The maximum atomic E-state index is 13.1. The highest BCUT2D eigenvalue weighted by Gasteiger charge is 2.23. The Hall–Kier alpha value is -1.59. The Morgan fingerprint density at radius 3 is 1.73 bits per heavy atom. The van der Waals surface area contributed by atoms with Gasteiger partial charge in [-0.25, -0.2) is 17.6 Å². The van der Waals surface area contributed by atoms with Gasteiger partial charge in [0, 0.05) is 12.5 Å². The Bertz CT molecular complexity index is 402. The molecule has 6 heteroatoms. The van der Waals surface area contributed by atoms with Crippen LogP contribution in [0.25, 0.3) is 0 Å². The lowest BCUT2D eigenvalue weighted by Crippen LogP contribution is -2.13. The van der Waals surface area contributed by atoms with Gasteiger partial charge in [0.05, 0.1) is 0 Å². The van der Waals surface area contributed by atoms with Gasteiger partial charge < -0.3 is 5.32 Å². The number of hydrogen-bond acceptors (Lipinski definition) is 1. The molecule has 0 aromatic heterocycles. The smallest absolute Gasteiger partial charge is 0.221 e. The summed E-state index contributed by atoms with van der Waals surface area (Å²) in [5, 5.41) is 1.68. The molecule has 1 N–H and O–H groups in total. The van der Waals surface area contributed by atoms with Gasteiger partial charge in [-0.05, 0) is 6.92 Å². The number of rotatable bonds is 1. The quantitative estimate of drug-likeness (QED) is 0.573. The Labute approximate surface area is 82.9 Å². The zero-order valence-corrected chi connectivity index (χ0v) is 7.92. The molecular formula is C9H7F4NO. The minimum Gasteiger partial charge on any atom is -0.321 e. The Kier molecular flexibility index (Phi) is 2.97. The number of anilines is 1. The summed E-state index contributed by atoms with van der Waals surface area (Å²) in [4.78, 5) is 10.5. The number of amides is 1. The molecule has 0 aliphatic heterocycles. The number of nitrogens with one attached hydrogen (secondary N) is 1. The van der Waals surface area contributed by atoms with Crippen LogP contribution in [0.15, 0.2) is 0 Å². The number of hydrogen-bond donors (Lipinski definition) is 1. The molecule has 0 spiro atoms. The first-order valence-corrected chi connectivity index (χ1v) is 3.96. The van der Waals surface area contributed by atoms with Gasteiger partial charge >= 0.3 is 0 Å². The fraction of sp³-hybridized carbons (Fsp3) is 0.222. The predicted molar refractivity (Wildman–Crippen MR) is 45.3 cm³/mol. The minimum absolute atomic E-state index is 0.765. The average Bonchev–Trinajstić information content (AvgIpc) is 2.18. The lowest BCUT2D eigenvalue weighted by Gasteiger charge is -2.09. The summed E-state index contributed by atoms with van der Waals surface area (Å²) in [7, 11) is 0. The van der Waals surface area contributed by atoms with Crippen LogP contribution in [0.2, 0.25) is 0 Å². The molecule has 0 bridgehead atoms. The van der Waals surface area contributed by atoms with Crippen molar-refractivity contribution in [3.05, 3.63) is 28.8 Å². The van der Waals surface area contributed by atoms with E-state index in [-0.39, 0.29) is 0 Å². The first kappa shape index (κ1) is 11.5. The monoisotopic (exact) mass is 221 g/mol. The van der Waals surface area contributed by atoms with E-state index in [0.29, 0.717) is 0 Å². The van der Waals surface area contributed by atoms with E-state index >= 15 is 0 Å². The van der Waals surface area contributed by atoms with Crippen molar-refractivity contribution in [2.24, 2.45) is 0 Å². The predicted octanol–water partition coefficient (Wildman–Crippen LogP) is 2.51. The van der Waals surface area contributed by atoms with E-state index in [9.17, 15) is 22.4 Å².